The predicted octanol–water partition coefficient (Wildman–Crippen LogP) is 5.46. The third-order valence-corrected chi connectivity index (χ3v) is 4.34. The summed E-state index contributed by atoms with van der Waals surface area (Å²) >= 11 is 0. The maximum absolute atomic E-state index is 12.5. The first kappa shape index (κ1) is 20.3. The van der Waals surface area contributed by atoms with Gasteiger partial charge in [0.1, 0.15) is 17.2 Å². The van der Waals surface area contributed by atoms with E-state index in [1.165, 1.54) is 0 Å². The minimum absolute atomic E-state index is 0.0846. The standard InChI is InChI=1S/C24H25NO4/c1-3-28-19-13-15-20(16-14-19)29-23-11-7-5-9-21(23)25-24(26)17-12-18-8-4-6-10-22(18)27-2/h4-11,13-16H,3,12,17H2,1-2H3,(H,25,26). The quantitative estimate of drug-likeness (QED) is 0.526. The number of hydrogen-bond donors (Lipinski definition) is 1. The fraction of sp³-hybridized carbons (Fsp3) is 0.208. The summed E-state index contributed by atoms with van der Waals surface area (Å²) in [5.74, 6) is 2.75. The fourth-order valence-corrected chi connectivity index (χ4v) is 2.93. The van der Waals surface area contributed by atoms with E-state index in [0.29, 0.717) is 36.6 Å². The smallest absolute Gasteiger partial charge is 0.224 e. The summed E-state index contributed by atoms with van der Waals surface area (Å²) < 4.78 is 16.7. The molecule has 3 aromatic rings. The second-order valence-electron chi connectivity index (χ2n) is 6.36. The average Bonchev–Trinajstić information content (AvgIpc) is 2.75. The molecule has 0 radical (unpaired) electrons. The van der Waals surface area contributed by atoms with Gasteiger partial charge < -0.3 is 19.5 Å². The van der Waals surface area contributed by atoms with Crippen LogP contribution in [-0.4, -0.2) is 19.6 Å². The van der Waals surface area contributed by atoms with Crippen LogP contribution in [0.2, 0.25) is 0 Å². The molecule has 0 spiro atoms. The first-order valence-electron chi connectivity index (χ1n) is 9.61. The van der Waals surface area contributed by atoms with Crippen molar-refractivity contribution in [1.82, 2.24) is 0 Å². The molecular formula is C24H25NO4. The molecule has 0 heterocycles. The van der Waals surface area contributed by atoms with Crippen molar-refractivity contribution in [3.63, 3.8) is 0 Å². The maximum atomic E-state index is 12.5. The van der Waals surface area contributed by atoms with Crippen molar-refractivity contribution in [3.8, 4) is 23.0 Å². The van der Waals surface area contributed by atoms with Gasteiger partial charge in [0.2, 0.25) is 5.91 Å². The lowest BCUT2D eigenvalue weighted by molar-refractivity contribution is -0.116. The molecule has 0 aromatic heterocycles. The van der Waals surface area contributed by atoms with E-state index in [2.05, 4.69) is 5.32 Å². The van der Waals surface area contributed by atoms with Crippen LogP contribution in [0.25, 0.3) is 0 Å². The van der Waals surface area contributed by atoms with Crippen molar-refractivity contribution < 1.29 is 19.0 Å². The number of aryl methyl sites for hydroxylation is 1. The van der Waals surface area contributed by atoms with Crippen LogP contribution < -0.4 is 19.5 Å². The maximum Gasteiger partial charge on any atom is 0.224 e. The van der Waals surface area contributed by atoms with E-state index < -0.39 is 0 Å². The molecule has 0 aliphatic rings. The Morgan fingerprint density at radius 3 is 2.24 bits per heavy atom. The summed E-state index contributed by atoms with van der Waals surface area (Å²) in [6.45, 7) is 2.56. The average molecular weight is 391 g/mol. The number of carbonyl (C=O) groups excluding carboxylic acids is 1. The minimum atomic E-state index is -0.0846. The molecule has 1 amide bonds. The fourth-order valence-electron chi connectivity index (χ4n) is 2.93. The van der Waals surface area contributed by atoms with Gasteiger partial charge in [0.25, 0.3) is 0 Å². The van der Waals surface area contributed by atoms with Gasteiger partial charge in [0, 0.05) is 6.42 Å². The first-order chi connectivity index (χ1) is 14.2. The molecule has 1 N–H and O–H groups in total. The van der Waals surface area contributed by atoms with Crippen molar-refractivity contribution in [2.24, 2.45) is 0 Å². The van der Waals surface area contributed by atoms with Gasteiger partial charge in [-0.1, -0.05) is 30.3 Å². The molecule has 3 rings (SSSR count). The number of rotatable bonds is 9. The normalized spacial score (nSPS) is 10.3. The summed E-state index contributed by atoms with van der Waals surface area (Å²) in [7, 11) is 1.63. The Morgan fingerprint density at radius 2 is 1.52 bits per heavy atom. The third-order valence-electron chi connectivity index (χ3n) is 4.34. The Labute approximate surface area is 171 Å². The molecule has 0 saturated heterocycles. The van der Waals surface area contributed by atoms with Gasteiger partial charge in [-0.3, -0.25) is 4.79 Å². The summed E-state index contributed by atoms with van der Waals surface area (Å²) in [6, 6.07) is 22.5. The van der Waals surface area contributed by atoms with Crippen LogP contribution in [-0.2, 0) is 11.2 Å². The van der Waals surface area contributed by atoms with E-state index in [9.17, 15) is 4.79 Å². The summed E-state index contributed by atoms with van der Waals surface area (Å²) in [6.07, 6.45) is 0.940. The highest BCUT2D eigenvalue weighted by molar-refractivity contribution is 5.92. The van der Waals surface area contributed by atoms with Gasteiger partial charge in [-0.2, -0.15) is 0 Å². The van der Waals surface area contributed by atoms with Gasteiger partial charge in [-0.25, -0.2) is 0 Å². The zero-order valence-corrected chi connectivity index (χ0v) is 16.7. The SMILES string of the molecule is CCOc1ccc(Oc2ccccc2NC(=O)CCc2ccccc2OC)cc1. The number of methoxy groups -OCH3 is 1. The van der Waals surface area contributed by atoms with Gasteiger partial charge >= 0.3 is 0 Å². The monoisotopic (exact) mass is 391 g/mol. The van der Waals surface area contributed by atoms with Crippen LogP contribution in [0.3, 0.4) is 0 Å². The molecule has 0 aliphatic carbocycles. The Kier molecular flexibility index (Phi) is 7.11. The molecule has 3 aromatic carbocycles. The van der Waals surface area contributed by atoms with Crippen LogP contribution in [0.15, 0.2) is 72.8 Å². The number of amides is 1. The van der Waals surface area contributed by atoms with Gasteiger partial charge in [0.05, 0.1) is 19.4 Å². The summed E-state index contributed by atoms with van der Waals surface area (Å²) in [4.78, 5) is 12.5. The molecule has 29 heavy (non-hydrogen) atoms. The molecule has 0 fully saturated rings. The van der Waals surface area contributed by atoms with E-state index in [1.54, 1.807) is 7.11 Å². The van der Waals surface area contributed by atoms with Crippen LogP contribution in [0, 0.1) is 0 Å². The zero-order valence-electron chi connectivity index (χ0n) is 16.7. The molecule has 0 bridgehead atoms. The van der Waals surface area contributed by atoms with Gasteiger partial charge in [-0.05, 0) is 61.4 Å². The van der Waals surface area contributed by atoms with Crippen molar-refractivity contribution in [1.29, 1.82) is 0 Å². The van der Waals surface area contributed by atoms with E-state index in [0.717, 1.165) is 17.1 Å². The number of anilines is 1. The molecule has 150 valence electrons. The Hall–Kier alpha value is -3.47. The lowest BCUT2D eigenvalue weighted by atomic mass is 10.1. The van der Waals surface area contributed by atoms with Crippen LogP contribution >= 0.6 is 0 Å². The van der Waals surface area contributed by atoms with E-state index in [-0.39, 0.29) is 5.91 Å². The highest BCUT2D eigenvalue weighted by atomic mass is 16.5. The number of nitrogens with one attached hydrogen (secondary N) is 1. The van der Waals surface area contributed by atoms with E-state index in [1.807, 2.05) is 79.7 Å². The van der Waals surface area contributed by atoms with Crippen molar-refractivity contribution in [2.75, 3.05) is 19.0 Å². The Morgan fingerprint density at radius 1 is 0.862 bits per heavy atom. The molecular weight excluding hydrogens is 366 g/mol. The second-order valence-corrected chi connectivity index (χ2v) is 6.36. The first-order valence-corrected chi connectivity index (χ1v) is 9.61. The van der Waals surface area contributed by atoms with Crippen molar-refractivity contribution in [3.05, 3.63) is 78.4 Å². The molecule has 0 saturated carbocycles. The minimum Gasteiger partial charge on any atom is -0.496 e. The highest BCUT2D eigenvalue weighted by Crippen LogP contribution is 2.30. The molecule has 5 heteroatoms. The molecule has 0 atom stereocenters. The molecule has 5 nitrogen and oxygen atoms in total. The lowest BCUT2D eigenvalue weighted by Gasteiger charge is -2.13. The predicted molar refractivity (Wildman–Crippen MR) is 114 cm³/mol. The summed E-state index contributed by atoms with van der Waals surface area (Å²) in [5, 5.41) is 2.94. The molecule has 0 unspecified atom stereocenters. The Bertz CT molecular complexity index is 938. The van der Waals surface area contributed by atoms with Gasteiger partial charge in [0.15, 0.2) is 5.75 Å². The number of para-hydroxylation sites is 3. The highest BCUT2D eigenvalue weighted by Gasteiger charge is 2.10. The lowest BCUT2D eigenvalue weighted by Crippen LogP contribution is -2.13. The zero-order chi connectivity index (χ0) is 20.5. The van der Waals surface area contributed by atoms with E-state index >= 15 is 0 Å². The number of benzene rings is 3. The van der Waals surface area contributed by atoms with Crippen molar-refractivity contribution >= 4 is 11.6 Å². The van der Waals surface area contributed by atoms with Crippen LogP contribution in [0.4, 0.5) is 5.69 Å². The number of ether oxygens (including phenoxy) is 3. The number of carbonyl (C=O) groups is 1. The Balaban J connectivity index is 1.63. The molecule has 0 aliphatic heterocycles. The second kappa shape index (κ2) is 10.2. The van der Waals surface area contributed by atoms with E-state index in [4.69, 9.17) is 14.2 Å². The van der Waals surface area contributed by atoms with Crippen LogP contribution in [0.5, 0.6) is 23.0 Å². The largest absolute Gasteiger partial charge is 0.496 e. The number of hydrogen-bond acceptors (Lipinski definition) is 4. The van der Waals surface area contributed by atoms with Gasteiger partial charge in [-0.15, -0.1) is 0 Å². The third kappa shape index (κ3) is 5.75. The van der Waals surface area contributed by atoms with Crippen molar-refractivity contribution in [2.45, 2.75) is 19.8 Å². The summed E-state index contributed by atoms with van der Waals surface area (Å²) in [5.41, 5.74) is 1.63. The van der Waals surface area contributed by atoms with Crippen LogP contribution in [0.1, 0.15) is 18.9 Å². The topological polar surface area (TPSA) is 56.8 Å².